The minimum atomic E-state index is -0.128. The number of rotatable bonds is 5. The first-order valence-electron chi connectivity index (χ1n) is 6.95. The Morgan fingerprint density at radius 1 is 0.955 bits per heavy atom. The van der Waals surface area contributed by atoms with Gasteiger partial charge in [0.1, 0.15) is 0 Å². The Kier molecular flexibility index (Phi) is 5.55. The molecule has 2 N–H and O–H groups in total. The number of anilines is 2. The molecule has 5 heteroatoms. The minimum absolute atomic E-state index is 0.0767. The average Bonchev–Trinajstić information content (AvgIpc) is 2.48. The second-order valence-corrected chi connectivity index (χ2v) is 5.31. The van der Waals surface area contributed by atoms with Gasteiger partial charge in [-0.2, -0.15) is 0 Å². The van der Waals surface area contributed by atoms with E-state index in [1.807, 2.05) is 24.3 Å². The van der Waals surface area contributed by atoms with E-state index in [0.717, 1.165) is 5.56 Å². The lowest BCUT2D eigenvalue weighted by Gasteiger charge is -2.07. The largest absolute Gasteiger partial charge is 0.326 e. The van der Waals surface area contributed by atoms with Gasteiger partial charge in [0.25, 0.3) is 0 Å². The van der Waals surface area contributed by atoms with Crippen LogP contribution in [0.3, 0.4) is 0 Å². The number of halogens is 1. The van der Waals surface area contributed by atoms with Crippen LogP contribution in [0.2, 0.25) is 5.02 Å². The van der Waals surface area contributed by atoms with Gasteiger partial charge >= 0.3 is 0 Å². The Bertz CT molecular complexity index is 669. The van der Waals surface area contributed by atoms with E-state index in [-0.39, 0.29) is 11.8 Å². The molecule has 0 saturated heterocycles. The van der Waals surface area contributed by atoms with Gasteiger partial charge in [0.15, 0.2) is 0 Å². The lowest BCUT2D eigenvalue weighted by Crippen LogP contribution is -2.12. The third-order valence-electron chi connectivity index (χ3n) is 3.07. The predicted molar refractivity (Wildman–Crippen MR) is 89.1 cm³/mol. The van der Waals surface area contributed by atoms with Crippen LogP contribution in [0.15, 0.2) is 48.5 Å². The smallest absolute Gasteiger partial charge is 0.224 e. The maximum atomic E-state index is 11.9. The maximum Gasteiger partial charge on any atom is 0.224 e. The van der Waals surface area contributed by atoms with Gasteiger partial charge in [-0.3, -0.25) is 9.59 Å². The molecule has 0 aliphatic rings. The van der Waals surface area contributed by atoms with Crippen LogP contribution < -0.4 is 10.6 Å². The zero-order valence-electron chi connectivity index (χ0n) is 12.2. The van der Waals surface area contributed by atoms with Crippen molar-refractivity contribution in [2.45, 2.75) is 19.8 Å². The monoisotopic (exact) mass is 316 g/mol. The van der Waals surface area contributed by atoms with Crippen molar-refractivity contribution in [1.29, 1.82) is 0 Å². The normalized spacial score (nSPS) is 10.1. The number of amides is 2. The summed E-state index contributed by atoms with van der Waals surface area (Å²) in [5.74, 6) is -0.205. The third-order valence-corrected chi connectivity index (χ3v) is 3.44. The summed E-state index contributed by atoms with van der Waals surface area (Å²) in [5, 5.41) is 6.17. The molecule has 0 fully saturated rings. The van der Waals surface area contributed by atoms with Crippen molar-refractivity contribution in [3.05, 3.63) is 59.1 Å². The Morgan fingerprint density at radius 3 is 2.14 bits per heavy atom. The van der Waals surface area contributed by atoms with Crippen molar-refractivity contribution >= 4 is 34.8 Å². The molecule has 0 aliphatic heterocycles. The molecule has 2 amide bonds. The standard InChI is InChI=1S/C17H17ClN2O2/c1-12(21)19-14-7-9-15(10-8-14)20-17(22)11-6-13-4-2-3-5-16(13)18/h2-5,7-10H,6,11H2,1H3,(H,19,21)(H,20,22). The summed E-state index contributed by atoms with van der Waals surface area (Å²) in [4.78, 5) is 22.9. The van der Waals surface area contributed by atoms with Crippen LogP contribution in [0, 0.1) is 0 Å². The summed E-state index contributed by atoms with van der Waals surface area (Å²) in [6, 6.07) is 14.5. The van der Waals surface area contributed by atoms with Gasteiger partial charge < -0.3 is 10.6 Å². The van der Waals surface area contributed by atoms with Crippen molar-refractivity contribution in [3.8, 4) is 0 Å². The molecule has 0 aliphatic carbocycles. The van der Waals surface area contributed by atoms with E-state index in [1.54, 1.807) is 24.3 Å². The first-order valence-corrected chi connectivity index (χ1v) is 7.33. The zero-order chi connectivity index (χ0) is 15.9. The molecule has 0 atom stereocenters. The molecule has 114 valence electrons. The van der Waals surface area contributed by atoms with E-state index in [4.69, 9.17) is 11.6 Å². The highest BCUT2D eigenvalue weighted by molar-refractivity contribution is 6.31. The maximum absolute atomic E-state index is 11.9. The van der Waals surface area contributed by atoms with Gasteiger partial charge in [-0.05, 0) is 42.3 Å². The number of carbonyl (C=O) groups excluding carboxylic acids is 2. The van der Waals surface area contributed by atoms with Crippen LogP contribution in [0.25, 0.3) is 0 Å². The summed E-state index contributed by atoms with van der Waals surface area (Å²) in [6.07, 6.45) is 0.951. The van der Waals surface area contributed by atoms with Gasteiger partial charge in [0.2, 0.25) is 11.8 Å². The van der Waals surface area contributed by atoms with E-state index in [2.05, 4.69) is 10.6 Å². The van der Waals surface area contributed by atoms with Gasteiger partial charge in [0, 0.05) is 29.7 Å². The Hall–Kier alpha value is -2.33. The second kappa shape index (κ2) is 7.61. The van der Waals surface area contributed by atoms with Crippen molar-refractivity contribution in [2.75, 3.05) is 10.6 Å². The van der Waals surface area contributed by atoms with E-state index in [0.29, 0.717) is 29.2 Å². The summed E-state index contributed by atoms with van der Waals surface area (Å²) < 4.78 is 0. The Labute approximate surface area is 134 Å². The molecule has 2 aromatic rings. The van der Waals surface area contributed by atoms with E-state index < -0.39 is 0 Å². The SMILES string of the molecule is CC(=O)Nc1ccc(NC(=O)CCc2ccccc2Cl)cc1. The fraction of sp³-hybridized carbons (Fsp3) is 0.176. The summed E-state index contributed by atoms with van der Waals surface area (Å²) in [6.45, 7) is 1.45. The Morgan fingerprint density at radius 2 is 1.55 bits per heavy atom. The molecule has 0 aromatic heterocycles. The number of hydrogen-bond acceptors (Lipinski definition) is 2. The van der Waals surface area contributed by atoms with Crippen molar-refractivity contribution in [2.24, 2.45) is 0 Å². The van der Waals surface area contributed by atoms with Gasteiger partial charge in [-0.1, -0.05) is 29.8 Å². The molecule has 2 rings (SSSR count). The molecule has 0 saturated carbocycles. The van der Waals surface area contributed by atoms with Crippen LogP contribution in [0.1, 0.15) is 18.9 Å². The topological polar surface area (TPSA) is 58.2 Å². The Balaban J connectivity index is 1.87. The van der Waals surface area contributed by atoms with Gasteiger partial charge in [0.05, 0.1) is 0 Å². The quantitative estimate of drug-likeness (QED) is 0.879. The molecule has 0 spiro atoms. The molecule has 0 unspecified atom stereocenters. The van der Waals surface area contributed by atoms with Crippen LogP contribution in [0.5, 0.6) is 0 Å². The van der Waals surface area contributed by atoms with Crippen molar-refractivity contribution in [3.63, 3.8) is 0 Å². The molecular formula is C17H17ClN2O2. The van der Waals surface area contributed by atoms with E-state index >= 15 is 0 Å². The molecular weight excluding hydrogens is 300 g/mol. The van der Waals surface area contributed by atoms with Gasteiger partial charge in [-0.25, -0.2) is 0 Å². The fourth-order valence-corrected chi connectivity index (χ4v) is 2.24. The summed E-state index contributed by atoms with van der Waals surface area (Å²) in [5.41, 5.74) is 2.35. The third kappa shape index (κ3) is 4.90. The number of nitrogens with one attached hydrogen (secondary N) is 2. The number of benzene rings is 2. The first kappa shape index (κ1) is 16.0. The molecule has 22 heavy (non-hydrogen) atoms. The summed E-state index contributed by atoms with van der Waals surface area (Å²) >= 11 is 6.06. The first-order chi connectivity index (χ1) is 10.5. The van der Waals surface area contributed by atoms with Crippen LogP contribution in [-0.2, 0) is 16.0 Å². The molecule has 0 radical (unpaired) electrons. The number of carbonyl (C=O) groups is 2. The summed E-state index contributed by atoms with van der Waals surface area (Å²) in [7, 11) is 0. The molecule has 4 nitrogen and oxygen atoms in total. The van der Waals surface area contributed by atoms with E-state index in [9.17, 15) is 9.59 Å². The van der Waals surface area contributed by atoms with Crippen LogP contribution in [-0.4, -0.2) is 11.8 Å². The average molecular weight is 317 g/mol. The molecule has 2 aromatic carbocycles. The van der Waals surface area contributed by atoms with Crippen molar-refractivity contribution < 1.29 is 9.59 Å². The number of aryl methyl sites for hydroxylation is 1. The van der Waals surface area contributed by atoms with Crippen LogP contribution >= 0.6 is 11.6 Å². The molecule has 0 bridgehead atoms. The second-order valence-electron chi connectivity index (χ2n) is 4.90. The highest BCUT2D eigenvalue weighted by atomic mass is 35.5. The van der Waals surface area contributed by atoms with Gasteiger partial charge in [-0.15, -0.1) is 0 Å². The fourth-order valence-electron chi connectivity index (χ4n) is 2.01. The highest BCUT2D eigenvalue weighted by Crippen LogP contribution is 2.17. The van der Waals surface area contributed by atoms with E-state index in [1.165, 1.54) is 6.92 Å². The molecule has 0 heterocycles. The zero-order valence-corrected chi connectivity index (χ0v) is 13.0. The highest BCUT2D eigenvalue weighted by Gasteiger charge is 2.05. The lowest BCUT2D eigenvalue weighted by atomic mass is 10.1. The van der Waals surface area contributed by atoms with Crippen molar-refractivity contribution in [1.82, 2.24) is 0 Å². The minimum Gasteiger partial charge on any atom is -0.326 e. The van der Waals surface area contributed by atoms with Crippen LogP contribution in [0.4, 0.5) is 11.4 Å². The predicted octanol–water partition coefficient (Wildman–Crippen LogP) is 3.87. The number of hydrogen-bond donors (Lipinski definition) is 2. The lowest BCUT2D eigenvalue weighted by molar-refractivity contribution is -0.116.